The lowest BCUT2D eigenvalue weighted by Crippen LogP contribution is -2.33. The summed E-state index contributed by atoms with van der Waals surface area (Å²) >= 11 is 0. The third kappa shape index (κ3) is 6.67. The summed E-state index contributed by atoms with van der Waals surface area (Å²) in [5.41, 5.74) is 1.51. The summed E-state index contributed by atoms with van der Waals surface area (Å²) in [6.45, 7) is 4.57. The van der Waals surface area contributed by atoms with Crippen molar-refractivity contribution in [2.45, 2.75) is 39.3 Å². The molecule has 6 nitrogen and oxygen atoms in total. The molecule has 2 aromatic rings. The van der Waals surface area contributed by atoms with Crippen LogP contribution in [0.3, 0.4) is 0 Å². The number of rotatable bonds is 7. The number of esters is 1. The van der Waals surface area contributed by atoms with Crippen LogP contribution < -0.4 is 10.6 Å². The molecule has 2 N–H and O–H groups in total. The highest BCUT2D eigenvalue weighted by Gasteiger charge is 2.23. The molecule has 2 amide bonds. The second-order valence-electron chi connectivity index (χ2n) is 6.61. The number of ether oxygens (including phenoxy) is 1. The molecule has 0 radical (unpaired) electrons. The van der Waals surface area contributed by atoms with E-state index in [0.29, 0.717) is 11.6 Å². The first-order chi connectivity index (χ1) is 13.7. The van der Waals surface area contributed by atoms with Crippen molar-refractivity contribution in [3.63, 3.8) is 0 Å². The highest BCUT2D eigenvalue weighted by molar-refractivity contribution is 5.95. The lowest BCUT2D eigenvalue weighted by atomic mass is 10.0. The minimum Gasteiger partial charge on any atom is -0.452 e. The summed E-state index contributed by atoms with van der Waals surface area (Å²) in [7, 11) is 0. The quantitative estimate of drug-likeness (QED) is 0.693. The van der Waals surface area contributed by atoms with Crippen molar-refractivity contribution in [2.24, 2.45) is 0 Å². The van der Waals surface area contributed by atoms with Crippen LogP contribution in [-0.4, -0.2) is 23.9 Å². The smallest absolute Gasteiger partial charge is 0.309 e. The van der Waals surface area contributed by atoms with E-state index in [-0.39, 0.29) is 18.0 Å². The zero-order valence-corrected chi connectivity index (χ0v) is 16.3. The first-order valence-electron chi connectivity index (χ1n) is 8.94. The number of amides is 2. The monoisotopic (exact) mass is 404 g/mol. The molecule has 0 bridgehead atoms. The largest absolute Gasteiger partial charge is 0.452 e. The topological polar surface area (TPSA) is 84.5 Å². The summed E-state index contributed by atoms with van der Waals surface area (Å²) in [6, 6.07) is 9.35. The summed E-state index contributed by atoms with van der Waals surface area (Å²) in [5.74, 6) is -3.52. The van der Waals surface area contributed by atoms with Gasteiger partial charge in [-0.05, 0) is 31.5 Å². The summed E-state index contributed by atoms with van der Waals surface area (Å²) < 4.78 is 31.7. The zero-order chi connectivity index (χ0) is 21.6. The van der Waals surface area contributed by atoms with Gasteiger partial charge < -0.3 is 15.4 Å². The van der Waals surface area contributed by atoms with Crippen molar-refractivity contribution in [3.8, 4) is 0 Å². The average Bonchev–Trinajstić information content (AvgIpc) is 2.63. The highest BCUT2D eigenvalue weighted by Crippen LogP contribution is 2.19. The number of halogens is 2. The van der Waals surface area contributed by atoms with Crippen LogP contribution in [0.1, 0.15) is 37.4 Å². The first kappa shape index (κ1) is 22.0. The third-order valence-corrected chi connectivity index (χ3v) is 4.09. The Bertz CT molecular complexity index is 900. The third-order valence-electron chi connectivity index (χ3n) is 4.09. The molecule has 0 heterocycles. The van der Waals surface area contributed by atoms with Crippen LogP contribution in [0.25, 0.3) is 0 Å². The van der Waals surface area contributed by atoms with E-state index < -0.39 is 35.7 Å². The Hall–Kier alpha value is -3.29. The van der Waals surface area contributed by atoms with Crippen LogP contribution in [0.2, 0.25) is 0 Å². The second kappa shape index (κ2) is 9.77. The molecule has 0 fully saturated rings. The van der Waals surface area contributed by atoms with Gasteiger partial charge in [-0.1, -0.05) is 29.8 Å². The zero-order valence-electron chi connectivity index (χ0n) is 16.3. The number of anilines is 1. The minimum atomic E-state index is -1.22. The molecule has 0 spiro atoms. The molecule has 0 saturated carbocycles. The average molecular weight is 404 g/mol. The van der Waals surface area contributed by atoms with Crippen molar-refractivity contribution in [2.75, 3.05) is 5.32 Å². The number of hydrogen-bond donors (Lipinski definition) is 2. The van der Waals surface area contributed by atoms with Gasteiger partial charge in [0, 0.05) is 13.0 Å². The summed E-state index contributed by atoms with van der Waals surface area (Å²) in [4.78, 5) is 35.9. The van der Waals surface area contributed by atoms with Crippen LogP contribution in [-0.2, 0) is 19.1 Å². The van der Waals surface area contributed by atoms with Gasteiger partial charge in [0.15, 0.2) is 6.10 Å². The van der Waals surface area contributed by atoms with E-state index in [9.17, 15) is 23.2 Å². The standard InChI is InChI=1S/C21H22F2N2O4/c1-12-4-6-15(7-5-12)19(24-14(3)26)11-20(27)29-13(2)21(28)25-18-9-8-16(22)10-17(18)23/h4-10,13,19H,11H2,1-3H3,(H,24,26)(H,25,28). The van der Waals surface area contributed by atoms with Crippen LogP contribution in [0.5, 0.6) is 0 Å². The van der Waals surface area contributed by atoms with Gasteiger partial charge in [-0.3, -0.25) is 14.4 Å². The molecule has 0 aliphatic rings. The molecule has 0 aliphatic carbocycles. The lowest BCUT2D eigenvalue weighted by molar-refractivity contribution is -0.153. The van der Waals surface area contributed by atoms with Crippen LogP contribution in [0.4, 0.5) is 14.5 Å². The minimum absolute atomic E-state index is 0.189. The van der Waals surface area contributed by atoms with E-state index in [4.69, 9.17) is 4.74 Å². The fourth-order valence-electron chi connectivity index (χ4n) is 2.59. The normalized spacial score (nSPS) is 12.6. The van der Waals surface area contributed by atoms with E-state index >= 15 is 0 Å². The van der Waals surface area contributed by atoms with Gasteiger partial charge in [-0.2, -0.15) is 0 Å². The van der Waals surface area contributed by atoms with Crippen molar-refractivity contribution in [3.05, 3.63) is 65.2 Å². The van der Waals surface area contributed by atoms with E-state index in [0.717, 1.165) is 17.7 Å². The summed E-state index contributed by atoms with van der Waals surface area (Å²) in [6.07, 6.45) is -1.41. The fourth-order valence-corrected chi connectivity index (χ4v) is 2.59. The van der Waals surface area contributed by atoms with Crippen LogP contribution >= 0.6 is 0 Å². The van der Waals surface area contributed by atoms with Crippen molar-refractivity contribution < 1.29 is 27.9 Å². The van der Waals surface area contributed by atoms with E-state index in [1.165, 1.54) is 13.8 Å². The van der Waals surface area contributed by atoms with Crippen LogP contribution in [0.15, 0.2) is 42.5 Å². The number of benzene rings is 2. The molecule has 0 aliphatic heterocycles. The first-order valence-corrected chi connectivity index (χ1v) is 8.94. The Kier molecular flexibility index (Phi) is 7.41. The van der Waals surface area contributed by atoms with Gasteiger partial charge in [0.1, 0.15) is 11.6 Å². The molecule has 2 rings (SSSR count). The number of nitrogens with one attached hydrogen (secondary N) is 2. The molecule has 0 aromatic heterocycles. The number of aryl methyl sites for hydroxylation is 1. The lowest BCUT2D eigenvalue weighted by Gasteiger charge is -2.19. The number of carbonyl (C=O) groups is 3. The van der Waals surface area contributed by atoms with Crippen molar-refractivity contribution in [1.82, 2.24) is 5.32 Å². The Morgan fingerprint density at radius 1 is 1.07 bits per heavy atom. The predicted octanol–water partition coefficient (Wildman–Crippen LogP) is 3.41. The Morgan fingerprint density at radius 3 is 2.31 bits per heavy atom. The van der Waals surface area contributed by atoms with Gasteiger partial charge in [-0.25, -0.2) is 8.78 Å². The fraction of sp³-hybridized carbons (Fsp3) is 0.286. The molecule has 2 unspecified atom stereocenters. The van der Waals surface area contributed by atoms with Crippen LogP contribution in [0, 0.1) is 18.6 Å². The Labute approximate surface area is 167 Å². The SMILES string of the molecule is CC(=O)NC(CC(=O)OC(C)C(=O)Nc1ccc(F)cc1F)c1ccc(C)cc1. The molecular weight excluding hydrogens is 382 g/mol. The van der Waals surface area contributed by atoms with Gasteiger partial charge in [0.2, 0.25) is 5.91 Å². The molecular formula is C21H22F2N2O4. The van der Waals surface area contributed by atoms with E-state index in [1.807, 2.05) is 19.1 Å². The van der Waals surface area contributed by atoms with Crippen molar-refractivity contribution in [1.29, 1.82) is 0 Å². The van der Waals surface area contributed by atoms with Gasteiger partial charge in [-0.15, -0.1) is 0 Å². The van der Waals surface area contributed by atoms with Crippen molar-refractivity contribution >= 4 is 23.5 Å². The molecule has 29 heavy (non-hydrogen) atoms. The maximum atomic E-state index is 13.6. The Morgan fingerprint density at radius 2 is 1.72 bits per heavy atom. The molecule has 0 saturated heterocycles. The van der Waals surface area contributed by atoms with Gasteiger partial charge >= 0.3 is 5.97 Å². The summed E-state index contributed by atoms with van der Waals surface area (Å²) in [5, 5.41) is 4.91. The Balaban J connectivity index is 1.99. The molecule has 8 heteroatoms. The predicted molar refractivity (Wildman–Crippen MR) is 103 cm³/mol. The second-order valence-corrected chi connectivity index (χ2v) is 6.61. The van der Waals surface area contributed by atoms with E-state index in [2.05, 4.69) is 10.6 Å². The van der Waals surface area contributed by atoms with Gasteiger partial charge in [0.25, 0.3) is 5.91 Å². The molecule has 154 valence electrons. The molecule has 2 aromatic carbocycles. The van der Waals surface area contributed by atoms with Gasteiger partial charge in [0.05, 0.1) is 18.2 Å². The maximum absolute atomic E-state index is 13.6. The maximum Gasteiger partial charge on any atom is 0.309 e. The molecule has 2 atom stereocenters. The van der Waals surface area contributed by atoms with E-state index in [1.54, 1.807) is 12.1 Å². The number of hydrogen-bond acceptors (Lipinski definition) is 4. The highest BCUT2D eigenvalue weighted by atomic mass is 19.1. The number of carbonyl (C=O) groups excluding carboxylic acids is 3.